The average molecular weight is 232 g/mol. The fourth-order valence-corrected chi connectivity index (χ4v) is 2.42. The van der Waals surface area contributed by atoms with Crippen molar-refractivity contribution in [3.63, 3.8) is 0 Å². The molecule has 1 rings (SSSR count). The summed E-state index contributed by atoms with van der Waals surface area (Å²) < 4.78 is 0. The molecule has 1 fully saturated rings. The lowest BCUT2D eigenvalue weighted by atomic mass is 10.2. The number of carbonyl (C=O) groups is 1. The standard InChI is InChI=1S/C10H20N2O2S/c1-8(6-13)12(2)10(14)5-9-7-15-4-3-11-9/h8-9,11,13H,3-7H2,1-2H3. The van der Waals surface area contributed by atoms with Gasteiger partial charge in [0.2, 0.25) is 5.91 Å². The molecule has 0 aromatic carbocycles. The SMILES string of the molecule is CC(CO)N(C)C(=O)CC1CSCCN1. The Balaban J connectivity index is 2.33. The molecule has 0 aromatic rings. The van der Waals surface area contributed by atoms with E-state index in [0.717, 1.165) is 18.1 Å². The molecule has 0 aromatic heterocycles. The van der Waals surface area contributed by atoms with Crippen molar-refractivity contribution in [1.82, 2.24) is 10.2 Å². The number of hydrogen-bond acceptors (Lipinski definition) is 4. The molecule has 1 saturated heterocycles. The molecule has 0 spiro atoms. The van der Waals surface area contributed by atoms with E-state index in [1.54, 1.807) is 11.9 Å². The van der Waals surface area contributed by atoms with Gasteiger partial charge in [-0.1, -0.05) is 0 Å². The number of aliphatic hydroxyl groups is 1. The summed E-state index contributed by atoms with van der Waals surface area (Å²) >= 11 is 1.89. The van der Waals surface area contributed by atoms with Gasteiger partial charge in [-0.3, -0.25) is 4.79 Å². The molecule has 0 radical (unpaired) electrons. The van der Waals surface area contributed by atoms with Crippen LogP contribution in [0.25, 0.3) is 0 Å². The number of hydrogen-bond donors (Lipinski definition) is 2. The summed E-state index contributed by atoms with van der Waals surface area (Å²) in [6, 6.07) is 0.207. The van der Waals surface area contributed by atoms with Crippen LogP contribution in [0.2, 0.25) is 0 Å². The second-order valence-electron chi connectivity index (χ2n) is 3.97. The molecule has 4 nitrogen and oxygen atoms in total. The fraction of sp³-hybridized carbons (Fsp3) is 0.900. The summed E-state index contributed by atoms with van der Waals surface area (Å²) in [5, 5.41) is 12.3. The van der Waals surface area contributed by atoms with Crippen LogP contribution < -0.4 is 5.32 Å². The molecule has 1 amide bonds. The van der Waals surface area contributed by atoms with Gasteiger partial charge >= 0.3 is 0 Å². The van der Waals surface area contributed by atoms with Crippen molar-refractivity contribution in [3.8, 4) is 0 Å². The largest absolute Gasteiger partial charge is 0.394 e. The molecule has 0 aliphatic carbocycles. The molecule has 1 heterocycles. The van der Waals surface area contributed by atoms with E-state index in [0.29, 0.717) is 12.5 Å². The maximum absolute atomic E-state index is 11.8. The zero-order valence-electron chi connectivity index (χ0n) is 9.40. The molecule has 0 bridgehead atoms. The van der Waals surface area contributed by atoms with Crippen molar-refractivity contribution in [2.24, 2.45) is 0 Å². The predicted octanol–water partition coefficient (Wildman–Crippen LogP) is -0.0793. The first kappa shape index (κ1) is 12.8. The number of nitrogens with one attached hydrogen (secondary N) is 1. The van der Waals surface area contributed by atoms with Crippen LogP contribution in [0.15, 0.2) is 0 Å². The number of likely N-dealkylation sites (N-methyl/N-ethyl adjacent to an activating group) is 1. The van der Waals surface area contributed by atoms with Crippen molar-refractivity contribution >= 4 is 17.7 Å². The molecule has 1 aliphatic rings. The number of nitrogens with zero attached hydrogens (tertiary/aromatic N) is 1. The normalized spacial score (nSPS) is 23.5. The van der Waals surface area contributed by atoms with Crippen molar-refractivity contribution in [1.29, 1.82) is 0 Å². The van der Waals surface area contributed by atoms with Crippen LogP contribution in [0.3, 0.4) is 0 Å². The lowest BCUT2D eigenvalue weighted by molar-refractivity contribution is -0.132. The maximum atomic E-state index is 11.8. The summed E-state index contributed by atoms with van der Waals surface area (Å²) in [6.07, 6.45) is 0.536. The van der Waals surface area contributed by atoms with Crippen LogP contribution in [0, 0.1) is 0 Å². The van der Waals surface area contributed by atoms with E-state index < -0.39 is 0 Å². The highest BCUT2D eigenvalue weighted by Gasteiger charge is 2.21. The molecule has 15 heavy (non-hydrogen) atoms. The van der Waals surface area contributed by atoms with Crippen LogP contribution in [-0.2, 0) is 4.79 Å². The van der Waals surface area contributed by atoms with Crippen LogP contribution >= 0.6 is 11.8 Å². The van der Waals surface area contributed by atoms with Gasteiger partial charge in [0.1, 0.15) is 0 Å². The Kier molecular flexibility index (Phi) is 5.42. The fourth-order valence-electron chi connectivity index (χ4n) is 1.47. The Bertz CT molecular complexity index is 208. The Labute approximate surface area is 95.4 Å². The van der Waals surface area contributed by atoms with Gasteiger partial charge in [0.15, 0.2) is 0 Å². The van der Waals surface area contributed by atoms with E-state index in [4.69, 9.17) is 5.11 Å². The van der Waals surface area contributed by atoms with E-state index in [9.17, 15) is 4.79 Å². The van der Waals surface area contributed by atoms with Gasteiger partial charge in [0, 0.05) is 37.6 Å². The zero-order valence-corrected chi connectivity index (χ0v) is 10.2. The van der Waals surface area contributed by atoms with Gasteiger partial charge in [-0.05, 0) is 6.92 Å². The van der Waals surface area contributed by atoms with E-state index in [1.807, 2.05) is 18.7 Å². The number of amides is 1. The van der Waals surface area contributed by atoms with Crippen LogP contribution in [-0.4, -0.2) is 59.7 Å². The second kappa shape index (κ2) is 6.35. The Morgan fingerprint density at radius 3 is 3.00 bits per heavy atom. The van der Waals surface area contributed by atoms with Gasteiger partial charge in [0.25, 0.3) is 0 Å². The number of carbonyl (C=O) groups excluding carboxylic acids is 1. The van der Waals surface area contributed by atoms with Gasteiger partial charge < -0.3 is 15.3 Å². The predicted molar refractivity (Wildman–Crippen MR) is 63.1 cm³/mol. The average Bonchev–Trinajstić information content (AvgIpc) is 2.28. The molecule has 5 heteroatoms. The summed E-state index contributed by atoms with van der Waals surface area (Å²) in [6.45, 7) is 2.86. The lowest BCUT2D eigenvalue weighted by Gasteiger charge is -2.27. The molecular formula is C10H20N2O2S. The number of aliphatic hydroxyl groups excluding tert-OH is 1. The number of rotatable bonds is 4. The Morgan fingerprint density at radius 2 is 2.47 bits per heavy atom. The van der Waals surface area contributed by atoms with E-state index >= 15 is 0 Å². The van der Waals surface area contributed by atoms with Crippen molar-refractivity contribution in [2.45, 2.75) is 25.4 Å². The first-order valence-corrected chi connectivity index (χ1v) is 6.48. The molecule has 2 N–H and O–H groups in total. The first-order chi connectivity index (χ1) is 7.15. The first-order valence-electron chi connectivity index (χ1n) is 5.32. The highest BCUT2D eigenvalue weighted by molar-refractivity contribution is 7.99. The topological polar surface area (TPSA) is 52.6 Å². The van der Waals surface area contributed by atoms with Crippen molar-refractivity contribution in [2.75, 3.05) is 31.7 Å². The van der Waals surface area contributed by atoms with E-state index in [2.05, 4.69) is 5.32 Å². The summed E-state index contributed by atoms with van der Waals surface area (Å²) in [7, 11) is 1.75. The van der Waals surface area contributed by atoms with Crippen molar-refractivity contribution in [3.05, 3.63) is 0 Å². The Hall–Kier alpha value is -0.260. The monoisotopic (exact) mass is 232 g/mol. The highest BCUT2D eigenvalue weighted by atomic mass is 32.2. The summed E-state index contributed by atoms with van der Waals surface area (Å²) in [4.78, 5) is 13.4. The summed E-state index contributed by atoms with van der Waals surface area (Å²) in [5.74, 6) is 2.25. The molecule has 2 atom stereocenters. The maximum Gasteiger partial charge on any atom is 0.224 e. The van der Waals surface area contributed by atoms with Gasteiger partial charge in [-0.15, -0.1) is 0 Å². The summed E-state index contributed by atoms with van der Waals surface area (Å²) in [5.41, 5.74) is 0. The third-order valence-corrected chi connectivity index (χ3v) is 3.87. The van der Waals surface area contributed by atoms with E-state index in [1.165, 1.54) is 0 Å². The van der Waals surface area contributed by atoms with E-state index in [-0.39, 0.29) is 18.6 Å². The van der Waals surface area contributed by atoms with Crippen LogP contribution in [0.1, 0.15) is 13.3 Å². The highest BCUT2D eigenvalue weighted by Crippen LogP contribution is 2.11. The van der Waals surface area contributed by atoms with Gasteiger partial charge in [0.05, 0.1) is 12.6 Å². The molecule has 0 saturated carbocycles. The minimum atomic E-state index is -0.0891. The van der Waals surface area contributed by atoms with Gasteiger partial charge in [-0.2, -0.15) is 11.8 Å². The molecule has 88 valence electrons. The molecule has 2 unspecified atom stereocenters. The second-order valence-corrected chi connectivity index (χ2v) is 5.12. The van der Waals surface area contributed by atoms with Crippen LogP contribution in [0.4, 0.5) is 0 Å². The molecule has 1 aliphatic heterocycles. The number of thioether (sulfide) groups is 1. The molecular weight excluding hydrogens is 212 g/mol. The smallest absolute Gasteiger partial charge is 0.224 e. The Morgan fingerprint density at radius 1 is 1.73 bits per heavy atom. The van der Waals surface area contributed by atoms with Gasteiger partial charge in [-0.25, -0.2) is 0 Å². The lowest BCUT2D eigenvalue weighted by Crippen LogP contribution is -2.44. The zero-order chi connectivity index (χ0) is 11.3. The minimum absolute atomic E-state index is 0.0229. The minimum Gasteiger partial charge on any atom is -0.394 e. The van der Waals surface area contributed by atoms with Crippen molar-refractivity contribution < 1.29 is 9.90 Å². The quantitative estimate of drug-likeness (QED) is 0.712. The third kappa shape index (κ3) is 4.01. The third-order valence-electron chi connectivity index (χ3n) is 2.74. The van der Waals surface area contributed by atoms with Crippen LogP contribution in [0.5, 0.6) is 0 Å².